The molecular formula is C12H22N4O. The van der Waals surface area contributed by atoms with Gasteiger partial charge in [0.05, 0.1) is 17.0 Å². The number of nitrogens with one attached hydrogen (secondary N) is 1. The Morgan fingerprint density at radius 2 is 2.12 bits per heavy atom. The standard InChI is InChI=1S/C12H22N4O/c1-3-9-10(13)11(16(2)15-9)14-8-12(17)6-4-5-7-12/h14,17H,3-8,13H2,1-2H3. The Balaban J connectivity index is 2.06. The molecule has 96 valence electrons. The topological polar surface area (TPSA) is 76.1 Å². The maximum atomic E-state index is 10.3. The number of nitrogens with zero attached hydrogens (tertiary/aromatic N) is 2. The van der Waals surface area contributed by atoms with Crippen molar-refractivity contribution in [3.63, 3.8) is 0 Å². The van der Waals surface area contributed by atoms with Gasteiger partial charge >= 0.3 is 0 Å². The minimum absolute atomic E-state index is 0.555. The van der Waals surface area contributed by atoms with Gasteiger partial charge < -0.3 is 16.2 Å². The fraction of sp³-hybridized carbons (Fsp3) is 0.750. The molecule has 1 aromatic rings. The summed E-state index contributed by atoms with van der Waals surface area (Å²) >= 11 is 0. The highest BCUT2D eigenvalue weighted by atomic mass is 16.3. The number of hydrogen-bond donors (Lipinski definition) is 3. The fourth-order valence-electron chi connectivity index (χ4n) is 2.52. The second kappa shape index (κ2) is 4.56. The molecule has 1 aromatic heterocycles. The molecule has 0 aromatic carbocycles. The molecule has 1 aliphatic rings. The van der Waals surface area contributed by atoms with Crippen molar-refractivity contribution >= 4 is 11.5 Å². The quantitative estimate of drug-likeness (QED) is 0.738. The number of nitrogens with two attached hydrogens (primary N) is 1. The van der Waals surface area contributed by atoms with Crippen molar-refractivity contribution < 1.29 is 5.11 Å². The molecule has 0 unspecified atom stereocenters. The zero-order valence-electron chi connectivity index (χ0n) is 10.7. The van der Waals surface area contributed by atoms with E-state index in [1.165, 1.54) is 0 Å². The van der Waals surface area contributed by atoms with Crippen LogP contribution < -0.4 is 11.1 Å². The summed E-state index contributed by atoms with van der Waals surface area (Å²) in [6.45, 7) is 2.59. The van der Waals surface area contributed by atoms with E-state index in [0.29, 0.717) is 12.2 Å². The third-order valence-corrected chi connectivity index (χ3v) is 3.61. The first-order valence-electron chi connectivity index (χ1n) is 6.33. The van der Waals surface area contributed by atoms with Crippen molar-refractivity contribution in [1.82, 2.24) is 9.78 Å². The maximum Gasteiger partial charge on any atom is 0.147 e. The molecule has 1 heterocycles. The molecule has 1 saturated carbocycles. The maximum absolute atomic E-state index is 10.3. The van der Waals surface area contributed by atoms with Crippen LogP contribution >= 0.6 is 0 Å². The normalized spacial score (nSPS) is 18.5. The molecule has 0 amide bonds. The smallest absolute Gasteiger partial charge is 0.147 e. The fourth-order valence-corrected chi connectivity index (χ4v) is 2.52. The lowest BCUT2D eigenvalue weighted by Crippen LogP contribution is -2.34. The molecule has 0 aliphatic heterocycles. The highest BCUT2D eigenvalue weighted by Gasteiger charge is 2.31. The van der Waals surface area contributed by atoms with Crippen LogP contribution in [0.1, 0.15) is 38.3 Å². The number of aryl methyl sites for hydroxylation is 2. The van der Waals surface area contributed by atoms with E-state index in [-0.39, 0.29) is 0 Å². The summed E-state index contributed by atoms with van der Waals surface area (Å²) < 4.78 is 1.76. The van der Waals surface area contributed by atoms with E-state index in [0.717, 1.165) is 43.6 Å². The average molecular weight is 238 g/mol. The van der Waals surface area contributed by atoms with Crippen LogP contribution in [-0.2, 0) is 13.5 Å². The van der Waals surface area contributed by atoms with E-state index in [1.54, 1.807) is 4.68 Å². The molecule has 17 heavy (non-hydrogen) atoms. The van der Waals surface area contributed by atoms with Crippen LogP contribution in [-0.4, -0.2) is 27.0 Å². The van der Waals surface area contributed by atoms with Gasteiger partial charge in [0.25, 0.3) is 0 Å². The van der Waals surface area contributed by atoms with Crippen molar-refractivity contribution in [2.45, 2.75) is 44.6 Å². The first-order valence-corrected chi connectivity index (χ1v) is 6.33. The molecule has 0 spiro atoms. The number of anilines is 2. The van der Waals surface area contributed by atoms with Crippen molar-refractivity contribution in [1.29, 1.82) is 0 Å². The second-order valence-electron chi connectivity index (χ2n) is 4.97. The minimum atomic E-state index is -0.566. The van der Waals surface area contributed by atoms with E-state index >= 15 is 0 Å². The summed E-state index contributed by atoms with van der Waals surface area (Å²) in [4.78, 5) is 0. The van der Waals surface area contributed by atoms with Gasteiger partial charge in [0.2, 0.25) is 0 Å². The van der Waals surface area contributed by atoms with Gasteiger partial charge in [0, 0.05) is 13.6 Å². The zero-order valence-corrected chi connectivity index (χ0v) is 10.7. The molecule has 0 bridgehead atoms. The summed E-state index contributed by atoms with van der Waals surface area (Å²) in [5.41, 5.74) is 7.06. The predicted molar refractivity (Wildman–Crippen MR) is 68.9 cm³/mol. The first-order chi connectivity index (χ1) is 8.06. The van der Waals surface area contributed by atoms with E-state index in [1.807, 2.05) is 14.0 Å². The Morgan fingerprint density at radius 1 is 1.47 bits per heavy atom. The van der Waals surface area contributed by atoms with Gasteiger partial charge in [-0.25, -0.2) is 0 Å². The van der Waals surface area contributed by atoms with Crippen molar-refractivity contribution in [3.05, 3.63) is 5.69 Å². The molecule has 1 aliphatic carbocycles. The monoisotopic (exact) mass is 238 g/mol. The molecule has 0 atom stereocenters. The number of aromatic nitrogens is 2. The van der Waals surface area contributed by atoms with Crippen molar-refractivity contribution in [3.8, 4) is 0 Å². The minimum Gasteiger partial charge on any atom is -0.394 e. The Kier molecular flexibility index (Phi) is 3.28. The van der Waals surface area contributed by atoms with Crippen molar-refractivity contribution in [2.75, 3.05) is 17.6 Å². The third kappa shape index (κ3) is 2.39. The van der Waals surface area contributed by atoms with Crippen LogP contribution in [0.5, 0.6) is 0 Å². The molecule has 4 N–H and O–H groups in total. The van der Waals surface area contributed by atoms with Crippen LogP contribution in [0.3, 0.4) is 0 Å². The van der Waals surface area contributed by atoms with Gasteiger partial charge in [-0.2, -0.15) is 5.10 Å². The van der Waals surface area contributed by atoms with Crippen LogP contribution in [0.2, 0.25) is 0 Å². The van der Waals surface area contributed by atoms with Crippen LogP contribution in [0.15, 0.2) is 0 Å². The average Bonchev–Trinajstić information content (AvgIpc) is 2.83. The summed E-state index contributed by atoms with van der Waals surface area (Å²) in [5, 5.41) is 17.9. The van der Waals surface area contributed by atoms with Gasteiger partial charge in [0.15, 0.2) is 0 Å². The number of aliphatic hydroxyl groups is 1. The summed E-state index contributed by atoms with van der Waals surface area (Å²) in [7, 11) is 1.87. The van der Waals surface area contributed by atoms with Crippen LogP contribution in [0.4, 0.5) is 11.5 Å². The van der Waals surface area contributed by atoms with Gasteiger partial charge in [-0.3, -0.25) is 4.68 Å². The molecule has 5 heteroatoms. The van der Waals surface area contributed by atoms with Gasteiger partial charge in [-0.1, -0.05) is 19.8 Å². The van der Waals surface area contributed by atoms with E-state index in [4.69, 9.17) is 5.73 Å². The van der Waals surface area contributed by atoms with Crippen LogP contribution in [0.25, 0.3) is 0 Å². The van der Waals surface area contributed by atoms with Crippen LogP contribution in [0, 0.1) is 0 Å². The number of nitrogen functional groups attached to an aromatic ring is 1. The molecule has 0 saturated heterocycles. The summed E-state index contributed by atoms with van der Waals surface area (Å²) in [5.74, 6) is 0.821. The lowest BCUT2D eigenvalue weighted by atomic mass is 10.0. The Labute approximate surface area is 102 Å². The second-order valence-corrected chi connectivity index (χ2v) is 4.97. The highest BCUT2D eigenvalue weighted by Crippen LogP contribution is 2.30. The Hall–Kier alpha value is -1.23. The lowest BCUT2D eigenvalue weighted by molar-refractivity contribution is 0.0613. The SMILES string of the molecule is CCc1nn(C)c(NCC2(O)CCCC2)c1N. The van der Waals surface area contributed by atoms with Gasteiger partial charge in [-0.15, -0.1) is 0 Å². The van der Waals surface area contributed by atoms with E-state index in [9.17, 15) is 5.11 Å². The lowest BCUT2D eigenvalue weighted by Gasteiger charge is -2.23. The molecule has 1 fully saturated rings. The molecule has 5 nitrogen and oxygen atoms in total. The van der Waals surface area contributed by atoms with E-state index < -0.39 is 5.60 Å². The van der Waals surface area contributed by atoms with Gasteiger partial charge in [0.1, 0.15) is 5.82 Å². The molecule has 2 rings (SSSR count). The highest BCUT2D eigenvalue weighted by molar-refractivity contribution is 5.65. The van der Waals surface area contributed by atoms with Gasteiger partial charge in [-0.05, 0) is 19.3 Å². The Bertz CT molecular complexity index is 393. The Morgan fingerprint density at radius 3 is 2.65 bits per heavy atom. The largest absolute Gasteiger partial charge is 0.394 e. The van der Waals surface area contributed by atoms with Crippen molar-refractivity contribution in [2.24, 2.45) is 7.05 Å². The summed E-state index contributed by atoms with van der Waals surface area (Å²) in [6, 6.07) is 0. The number of rotatable bonds is 4. The number of hydrogen-bond acceptors (Lipinski definition) is 4. The van der Waals surface area contributed by atoms with E-state index in [2.05, 4.69) is 10.4 Å². The molecular weight excluding hydrogens is 216 g/mol. The first kappa shape index (κ1) is 12.2. The summed E-state index contributed by atoms with van der Waals surface area (Å²) in [6.07, 6.45) is 4.79. The zero-order chi connectivity index (χ0) is 12.5. The predicted octanol–water partition coefficient (Wildman–Crippen LogP) is 1.28. The molecule has 0 radical (unpaired) electrons. The third-order valence-electron chi connectivity index (χ3n) is 3.61.